The van der Waals surface area contributed by atoms with E-state index in [0.29, 0.717) is 29.0 Å². The number of fused-ring (bicyclic) bond motifs is 1. The predicted octanol–water partition coefficient (Wildman–Crippen LogP) is 5.02. The summed E-state index contributed by atoms with van der Waals surface area (Å²) < 4.78 is 17.8. The van der Waals surface area contributed by atoms with Crippen molar-refractivity contribution in [2.75, 3.05) is 26.4 Å². The van der Waals surface area contributed by atoms with Gasteiger partial charge in [0.05, 0.1) is 30.8 Å². The third kappa shape index (κ3) is 4.33. The highest BCUT2D eigenvalue weighted by molar-refractivity contribution is 8.26. The molecule has 30 heavy (non-hydrogen) atoms. The van der Waals surface area contributed by atoms with Crippen molar-refractivity contribution < 1.29 is 19.0 Å². The van der Waals surface area contributed by atoms with Crippen LogP contribution in [0, 0.1) is 0 Å². The molecule has 0 spiro atoms. The molecule has 2 aromatic carbocycles. The van der Waals surface area contributed by atoms with Crippen molar-refractivity contribution in [3.8, 4) is 11.5 Å². The van der Waals surface area contributed by atoms with Gasteiger partial charge >= 0.3 is 0 Å². The number of benzene rings is 2. The average molecular weight is 444 g/mol. The van der Waals surface area contributed by atoms with Gasteiger partial charge in [0, 0.05) is 12.2 Å². The van der Waals surface area contributed by atoms with Gasteiger partial charge in [0.15, 0.2) is 0 Å². The molecule has 2 heterocycles. The maximum absolute atomic E-state index is 13.1. The zero-order chi connectivity index (χ0) is 21.1. The van der Waals surface area contributed by atoms with Gasteiger partial charge in [-0.05, 0) is 61.7 Å². The van der Waals surface area contributed by atoms with Gasteiger partial charge < -0.3 is 14.2 Å². The zero-order valence-corrected chi connectivity index (χ0v) is 18.8. The summed E-state index contributed by atoms with van der Waals surface area (Å²) >= 11 is 6.84. The second kappa shape index (κ2) is 9.37. The van der Waals surface area contributed by atoms with Gasteiger partial charge in [0.2, 0.25) is 0 Å². The molecule has 0 N–H and O–H groups in total. The summed E-state index contributed by atoms with van der Waals surface area (Å²) in [7, 11) is 0. The Labute approximate surface area is 186 Å². The third-order valence-corrected chi connectivity index (χ3v) is 6.54. The molecule has 158 valence electrons. The van der Waals surface area contributed by atoms with E-state index < -0.39 is 0 Å². The molecule has 1 amide bonds. The van der Waals surface area contributed by atoms with Crippen molar-refractivity contribution in [1.82, 2.24) is 4.90 Å². The topological polar surface area (TPSA) is 48.0 Å². The molecule has 0 bridgehead atoms. The van der Waals surface area contributed by atoms with Gasteiger partial charge in [0.1, 0.15) is 15.8 Å². The molecule has 0 aliphatic carbocycles. The molecule has 0 unspecified atom stereocenters. The fourth-order valence-corrected chi connectivity index (χ4v) is 5.03. The lowest BCUT2D eigenvalue weighted by molar-refractivity contribution is -0.123. The summed E-state index contributed by atoms with van der Waals surface area (Å²) in [6, 6.07) is 9.95. The number of hydrogen-bond donors (Lipinski definition) is 0. The number of ether oxygens (including phenoxy) is 3. The number of thioether (sulfide) groups is 1. The lowest BCUT2D eigenvalue weighted by Gasteiger charge is -2.18. The summed E-state index contributed by atoms with van der Waals surface area (Å²) in [5.41, 5.74) is 0.869. The normalized spacial score (nSPS) is 20.5. The number of thiocarbonyl (C=S) groups is 1. The largest absolute Gasteiger partial charge is 0.494 e. The van der Waals surface area contributed by atoms with Crippen molar-refractivity contribution in [1.29, 1.82) is 0 Å². The first-order valence-corrected chi connectivity index (χ1v) is 11.5. The molecule has 0 aromatic heterocycles. The van der Waals surface area contributed by atoms with Crippen LogP contribution in [0.2, 0.25) is 0 Å². The van der Waals surface area contributed by atoms with Crippen LogP contribution in [0.15, 0.2) is 35.2 Å². The monoisotopic (exact) mass is 443 g/mol. The van der Waals surface area contributed by atoms with Crippen molar-refractivity contribution >= 4 is 51.1 Å². The lowest BCUT2D eigenvalue weighted by Crippen LogP contribution is -2.35. The Bertz CT molecular complexity index is 993. The molecule has 0 saturated carbocycles. The first-order chi connectivity index (χ1) is 14.6. The van der Waals surface area contributed by atoms with E-state index in [9.17, 15) is 4.79 Å². The SMILES string of the molecule is CCOc1ccc2ccc(OCC)c(/C=C3\SC(=S)N(C[C@@H]4CCCO4)C3=O)c2c1. The van der Waals surface area contributed by atoms with Crippen LogP contribution in [-0.4, -0.2) is 47.6 Å². The van der Waals surface area contributed by atoms with Crippen molar-refractivity contribution in [3.05, 3.63) is 40.8 Å². The van der Waals surface area contributed by atoms with E-state index in [-0.39, 0.29) is 12.0 Å². The standard InChI is InChI=1S/C23H25NO4S2/c1-3-26-16-9-7-15-8-10-20(27-4-2)19(18(15)12-16)13-21-22(25)24(23(29)30-21)14-17-6-5-11-28-17/h7-10,12-13,17H,3-6,11,14H2,1-2H3/b21-13-/t17-/m0/s1. The second-order valence-electron chi connectivity index (χ2n) is 7.15. The number of hydrogen-bond acceptors (Lipinski definition) is 6. The molecule has 2 aliphatic rings. The third-order valence-electron chi connectivity index (χ3n) is 5.16. The van der Waals surface area contributed by atoms with Gasteiger partial charge in [-0.3, -0.25) is 9.69 Å². The summed E-state index contributed by atoms with van der Waals surface area (Å²) in [5, 5.41) is 2.04. The highest BCUT2D eigenvalue weighted by atomic mass is 32.2. The van der Waals surface area contributed by atoms with E-state index in [0.717, 1.165) is 47.3 Å². The molecule has 2 aliphatic heterocycles. The summed E-state index contributed by atoms with van der Waals surface area (Å²) in [5.74, 6) is 1.46. The molecule has 1 atom stereocenters. The first-order valence-electron chi connectivity index (χ1n) is 10.3. The van der Waals surface area contributed by atoms with Crippen molar-refractivity contribution in [2.24, 2.45) is 0 Å². The van der Waals surface area contributed by atoms with Crippen LogP contribution < -0.4 is 9.47 Å². The maximum Gasteiger partial charge on any atom is 0.266 e. The smallest absolute Gasteiger partial charge is 0.266 e. The molecule has 2 fully saturated rings. The molecular formula is C23H25NO4S2. The fourth-order valence-electron chi connectivity index (χ4n) is 3.77. The van der Waals surface area contributed by atoms with Crippen molar-refractivity contribution in [2.45, 2.75) is 32.8 Å². The van der Waals surface area contributed by atoms with E-state index in [1.165, 1.54) is 11.8 Å². The Kier molecular flexibility index (Phi) is 6.61. The minimum atomic E-state index is -0.0686. The summed E-state index contributed by atoms with van der Waals surface area (Å²) in [6.07, 6.45) is 3.97. The van der Waals surface area contributed by atoms with Crippen LogP contribution in [0.5, 0.6) is 11.5 Å². The molecule has 5 nitrogen and oxygen atoms in total. The quantitative estimate of drug-likeness (QED) is 0.442. The summed E-state index contributed by atoms with van der Waals surface area (Å²) in [6.45, 7) is 6.31. The Morgan fingerprint density at radius 1 is 1.23 bits per heavy atom. The fraction of sp³-hybridized carbons (Fsp3) is 0.391. The number of amides is 1. The zero-order valence-electron chi connectivity index (χ0n) is 17.2. The Morgan fingerprint density at radius 3 is 2.77 bits per heavy atom. The van der Waals surface area contributed by atoms with Gasteiger partial charge in [-0.2, -0.15) is 0 Å². The van der Waals surface area contributed by atoms with E-state index in [1.807, 2.05) is 50.3 Å². The predicted molar refractivity (Wildman–Crippen MR) is 125 cm³/mol. The molecule has 4 rings (SSSR count). The van der Waals surface area contributed by atoms with E-state index >= 15 is 0 Å². The van der Waals surface area contributed by atoms with Gasteiger partial charge in [0.25, 0.3) is 5.91 Å². The molecular weight excluding hydrogens is 418 g/mol. The van der Waals surface area contributed by atoms with Crippen LogP contribution in [0.25, 0.3) is 16.8 Å². The number of rotatable bonds is 7. The average Bonchev–Trinajstić information content (AvgIpc) is 3.34. The lowest BCUT2D eigenvalue weighted by atomic mass is 10.0. The first kappa shape index (κ1) is 21.2. The molecule has 2 saturated heterocycles. The van der Waals surface area contributed by atoms with E-state index in [4.69, 9.17) is 26.4 Å². The summed E-state index contributed by atoms with van der Waals surface area (Å²) in [4.78, 5) is 15.4. The van der Waals surface area contributed by atoms with Crippen LogP contribution >= 0.6 is 24.0 Å². The molecule has 0 radical (unpaired) electrons. The Balaban J connectivity index is 1.72. The number of carbonyl (C=O) groups is 1. The van der Waals surface area contributed by atoms with Gasteiger partial charge in [-0.15, -0.1) is 0 Å². The number of carbonyl (C=O) groups excluding carboxylic acids is 1. The van der Waals surface area contributed by atoms with Gasteiger partial charge in [-0.25, -0.2) is 0 Å². The van der Waals surface area contributed by atoms with Crippen LogP contribution in [0.1, 0.15) is 32.3 Å². The molecule has 7 heteroatoms. The van der Waals surface area contributed by atoms with Crippen LogP contribution in [0.3, 0.4) is 0 Å². The van der Waals surface area contributed by atoms with E-state index in [1.54, 1.807) is 4.90 Å². The molecule has 2 aromatic rings. The number of nitrogens with zero attached hydrogens (tertiary/aromatic N) is 1. The maximum atomic E-state index is 13.1. The minimum absolute atomic E-state index is 0.0668. The van der Waals surface area contributed by atoms with Gasteiger partial charge in [-0.1, -0.05) is 36.1 Å². The Hall–Kier alpha value is -2.09. The highest BCUT2D eigenvalue weighted by Crippen LogP contribution is 2.38. The van der Waals surface area contributed by atoms with Crippen molar-refractivity contribution in [3.63, 3.8) is 0 Å². The Morgan fingerprint density at radius 2 is 2.03 bits per heavy atom. The second-order valence-corrected chi connectivity index (χ2v) is 8.83. The van der Waals surface area contributed by atoms with Crippen LogP contribution in [0.4, 0.5) is 0 Å². The minimum Gasteiger partial charge on any atom is -0.494 e. The highest BCUT2D eigenvalue weighted by Gasteiger charge is 2.34. The van der Waals surface area contributed by atoms with Crippen LogP contribution in [-0.2, 0) is 9.53 Å². The van der Waals surface area contributed by atoms with E-state index in [2.05, 4.69) is 0 Å².